The van der Waals surface area contributed by atoms with Gasteiger partial charge in [0.2, 0.25) is 0 Å². The number of rotatable bonds is 6. The average molecular weight is 615 g/mol. The summed E-state index contributed by atoms with van der Waals surface area (Å²) < 4.78 is 2.65. The average Bonchev–Trinajstić information content (AvgIpc) is 2.65. The number of halogens is 4. The Labute approximate surface area is 208 Å². The first kappa shape index (κ1) is 27.8. The van der Waals surface area contributed by atoms with Crippen LogP contribution in [0.25, 0.3) is 0 Å². The molecule has 0 saturated carbocycles. The maximum atomic E-state index is 7.42. The van der Waals surface area contributed by atoms with E-state index in [2.05, 4.69) is 112 Å². The Morgan fingerprint density at radius 1 is 0.567 bits per heavy atom. The Morgan fingerprint density at radius 3 is 0.933 bits per heavy atom. The van der Waals surface area contributed by atoms with Crippen molar-refractivity contribution >= 4 is 97.4 Å². The van der Waals surface area contributed by atoms with Gasteiger partial charge in [0.15, 0.2) is 0 Å². The van der Waals surface area contributed by atoms with Crippen LogP contribution in [-0.2, 0) is 0 Å². The van der Waals surface area contributed by atoms with Crippen LogP contribution in [0.15, 0.2) is 36.4 Å². The summed E-state index contributed by atoms with van der Waals surface area (Å²) in [6.07, 6.45) is 0. The van der Waals surface area contributed by atoms with Crippen LogP contribution < -0.4 is 26.8 Å². The molecule has 0 heterocycles. The zero-order chi connectivity index (χ0) is 23.2. The first-order chi connectivity index (χ1) is 13.9. The van der Waals surface area contributed by atoms with Gasteiger partial charge in [0.25, 0.3) is 0 Å². The fraction of sp³-hybridized carbons (Fsp3) is 0.400. The fourth-order valence-electron chi connectivity index (χ4n) is 3.12. The van der Waals surface area contributed by atoms with Crippen LogP contribution in [-0.4, -0.2) is 81.7 Å². The SMILES string of the molecule is CN(C)c1cccc(N(C)C)[c]1[Sn]([Cl])[c]1c(N(C)C)cccc1N(C)C.Cl[Si](Cl)Cl. The first-order valence-electron chi connectivity index (χ1n) is 9.22. The van der Waals surface area contributed by atoms with Crippen molar-refractivity contribution in [2.75, 3.05) is 76.0 Å². The molecule has 0 aliphatic carbocycles. The van der Waals surface area contributed by atoms with Crippen molar-refractivity contribution in [3.05, 3.63) is 36.4 Å². The van der Waals surface area contributed by atoms with Crippen molar-refractivity contribution in [1.82, 2.24) is 0 Å². The van der Waals surface area contributed by atoms with E-state index in [4.69, 9.17) is 42.2 Å². The van der Waals surface area contributed by atoms with Crippen molar-refractivity contribution in [2.45, 2.75) is 0 Å². The van der Waals surface area contributed by atoms with Gasteiger partial charge in [-0.3, -0.25) is 0 Å². The van der Waals surface area contributed by atoms with Gasteiger partial charge in [-0.25, -0.2) is 0 Å². The van der Waals surface area contributed by atoms with E-state index >= 15 is 0 Å². The number of nitrogens with zero attached hydrogens (tertiary/aromatic N) is 4. The van der Waals surface area contributed by atoms with Crippen molar-refractivity contribution in [1.29, 1.82) is 0 Å². The molecule has 0 aliphatic heterocycles. The summed E-state index contributed by atoms with van der Waals surface area (Å²) in [6.45, 7) is -1.46. The Morgan fingerprint density at radius 2 is 0.767 bits per heavy atom. The van der Waals surface area contributed by atoms with Gasteiger partial charge in [-0.05, 0) is 0 Å². The van der Waals surface area contributed by atoms with Crippen molar-refractivity contribution < 1.29 is 0 Å². The second-order valence-corrected chi connectivity index (χ2v) is 20.2. The second-order valence-electron chi connectivity index (χ2n) is 7.45. The molecule has 2 radical (unpaired) electrons. The molecule has 0 atom stereocenters. The Balaban J connectivity index is 0.00000103. The van der Waals surface area contributed by atoms with E-state index in [0.29, 0.717) is 0 Å². The molecule has 0 bridgehead atoms. The third-order valence-electron chi connectivity index (χ3n) is 4.41. The molecular weight excluding hydrogens is 585 g/mol. The van der Waals surface area contributed by atoms with E-state index in [9.17, 15) is 0 Å². The minimum atomic E-state index is -2.71. The number of hydrogen-bond acceptors (Lipinski definition) is 4. The minimum Gasteiger partial charge on any atom is -0.125 e. The summed E-state index contributed by atoms with van der Waals surface area (Å²) in [5.74, 6) is 0. The van der Waals surface area contributed by atoms with E-state index in [1.54, 1.807) is 0 Å². The minimum absolute atomic E-state index is 1.22. The molecule has 0 unspecified atom stereocenters. The molecule has 0 aliphatic rings. The zero-order valence-corrected chi connectivity index (χ0v) is 25.6. The molecule has 2 aromatic rings. The summed E-state index contributed by atoms with van der Waals surface area (Å²) >= 11 is 12.0. The van der Waals surface area contributed by atoms with Gasteiger partial charge in [0, 0.05) is 0 Å². The zero-order valence-electron chi connectivity index (χ0n) is 18.8. The van der Waals surface area contributed by atoms with Crippen LogP contribution in [0, 0.1) is 0 Å². The van der Waals surface area contributed by atoms with Crippen molar-refractivity contribution in [2.24, 2.45) is 0 Å². The van der Waals surface area contributed by atoms with Crippen LogP contribution in [0.4, 0.5) is 22.7 Å². The first-order valence-corrected chi connectivity index (χ1v) is 20.2. The van der Waals surface area contributed by atoms with Gasteiger partial charge in [-0.1, -0.05) is 0 Å². The maximum absolute atomic E-state index is 7.42. The maximum Gasteiger partial charge on any atom is 0.376 e. The van der Waals surface area contributed by atoms with Gasteiger partial charge in [0.1, 0.15) is 0 Å². The van der Waals surface area contributed by atoms with Crippen LogP contribution in [0.3, 0.4) is 0 Å². The molecule has 0 N–H and O–H groups in total. The van der Waals surface area contributed by atoms with Crippen LogP contribution in [0.1, 0.15) is 0 Å². The van der Waals surface area contributed by atoms with Crippen LogP contribution in [0.2, 0.25) is 0 Å². The molecule has 4 nitrogen and oxygen atoms in total. The predicted molar refractivity (Wildman–Crippen MR) is 144 cm³/mol. The molecule has 0 aromatic heterocycles. The van der Waals surface area contributed by atoms with Crippen molar-refractivity contribution in [3.8, 4) is 0 Å². The third-order valence-corrected chi connectivity index (χ3v) is 12.4. The molecule has 2 aromatic carbocycles. The van der Waals surface area contributed by atoms with Crippen LogP contribution >= 0.6 is 42.2 Å². The summed E-state index contributed by atoms with van der Waals surface area (Å²) in [7, 11) is 24.2. The van der Waals surface area contributed by atoms with E-state index < -0.39 is 25.4 Å². The quantitative estimate of drug-likeness (QED) is 0.361. The van der Waals surface area contributed by atoms with E-state index in [1.807, 2.05) is 0 Å². The monoisotopic (exact) mass is 614 g/mol. The van der Waals surface area contributed by atoms with E-state index in [1.165, 1.54) is 29.9 Å². The number of anilines is 4. The van der Waals surface area contributed by atoms with Gasteiger partial charge < -0.3 is 0 Å². The standard InChI is InChI=1S/2C10H15N2.Cl3Si.ClH.Sn/c2*1-11(2)9-6-5-7-10(8-9)12(3)4;1-4(2)3;;/h2*5-7H,1-4H3;;1H;/q;;;;+1/p-1. The van der Waals surface area contributed by atoms with Gasteiger partial charge >= 0.3 is 177 Å². The molecular formula is C20H30Cl4N4SiSn. The van der Waals surface area contributed by atoms with E-state index in [-0.39, 0.29) is 0 Å². The topological polar surface area (TPSA) is 13.0 Å². The fourth-order valence-corrected chi connectivity index (χ4v) is 12.5. The Hall–Kier alpha value is -0.184. The molecule has 0 spiro atoms. The smallest absolute Gasteiger partial charge is 0.125 e. The van der Waals surface area contributed by atoms with Crippen molar-refractivity contribution in [3.63, 3.8) is 0 Å². The predicted octanol–water partition coefficient (Wildman–Crippen LogP) is 3.98. The molecule has 10 heteroatoms. The molecule has 0 amide bonds. The molecule has 166 valence electrons. The summed E-state index contributed by atoms with van der Waals surface area (Å²) in [4.78, 5) is 8.72. The summed E-state index contributed by atoms with van der Waals surface area (Å²) in [5.41, 5.74) is 4.88. The second kappa shape index (κ2) is 12.8. The van der Waals surface area contributed by atoms with Crippen LogP contribution in [0.5, 0.6) is 0 Å². The number of hydrogen-bond donors (Lipinski definition) is 0. The van der Waals surface area contributed by atoms with E-state index in [0.717, 1.165) is 0 Å². The normalized spacial score (nSPS) is 10.6. The largest absolute Gasteiger partial charge is 0.376 e. The summed E-state index contributed by atoms with van der Waals surface area (Å²) in [6, 6.07) is 13.0. The Kier molecular flexibility index (Phi) is 11.8. The molecule has 0 fully saturated rings. The van der Waals surface area contributed by atoms with Gasteiger partial charge in [-0.15, -0.1) is 33.2 Å². The van der Waals surface area contributed by atoms with Gasteiger partial charge in [0.05, 0.1) is 0 Å². The molecule has 0 saturated heterocycles. The summed E-state index contributed by atoms with van der Waals surface area (Å²) in [5, 5.41) is 0. The number of benzene rings is 2. The van der Waals surface area contributed by atoms with Gasteiger partial charge in [-0.2, -0.15) is 0 Å². The third kappa shape index (κ3) is 7.45. The molecule has 2 rings (SSSR count). The Bertz CT molecular complexity index is 701. The molecule has 30 heavy (non-hydrogen) atoms.